The number of benzene rings is 3. The molecule has 0 saturated carbocycles. The van der Waals surface area contributed by atoms with Gasteiger partial charge in [0.25, 0.3) is 5.78 Å². The second-order valence-corrected chi connectivity index (χ2v) is 7.96. The summed E-state index contributed by atoms with van der Waals surface area (Å²) in [6, 6.07) is 20.7. The van der Waals surface area contributed by atoms with E-state index >= 15 is 0 Å². The Morgan fingerprint density at radius 2 is 1.77 bits per heavy atom. The summed E-state index contributed by atoms with van der Waals surface area (Å²) < 4.78 is 0. The monoisotopic (exact) mass is 439 g/mol. The molecule has 0 amide bonds. The Kier molecular flexibility index (Phi) is 7.19. The van der Waals surface area contributed by atoms with Gasteiger partial charge in [0.1, 0.15) is 0 Å². The molecule has 0 radical (unpaired) electrons. The third kappa shape index (κ3) is 4.69. The minimum absolute atomic E-state index is 0.128. The summed E-state index contributed by atoms with van der Waals surface area (Å²) in [6.45, 7) is 2.98. The summed E-state index contributed by atoms with van der Waals surface area (Å²) in [5.41, 5.74) is 3.70. The minimum Gasteiger partial charge on any atom is -0.475 e. The van der Waals surface area contributed by atoms with Crippen LogP contribution < -0.4 is 4.90 Å². The van der Waals surface area contributed by atoms with Crippen molar-refractivity contribution in [2.24, 2.45) is 0 Å². The third-order valence-corrected chi connectivity index (χ3v) is 5.78. The van der Waals surface area contributed by atoms with Crippen molar-refractivity contribution < 1.29 is 14.7 Å². The van der Waals surface area contributed by atoms with E-state index < -0.39 is 11.8 Å². The van der Waals surface area contributed by atoms with Crippen molar-refractivity contribution >= 4 is 46.5 Å². The Bertz CT molecular complexity index is 1070. The lowest BCUT2D eigenvalue weighted by Gasteiger charge is -2.27. The van der Waals surface area contributed by atoms with Gasteiger partial charge in [-0.15, -0.1) is 11.8 Å². The van der Waals surface area contributed by atoms with Crippen molar-refractivity contribution in [1.82, 2.24) is 0 Å². The Balaban J connectivity index is 2.10. The number of para-hydroxylation sites is 1. The highest BCUT2D eigenvalue weighted by molar-refractivity contribution is 7.98. The number of hydrogen-bond donors (Lipinski definition) is 1. The number of Topliss-reactive ketones (excluding diaryl/α,β-unsaturated/α-hetero) is 1. The molecule has 0 unspecified atom stereocenters. The van der Waals surface area contributed by atoms with Crippen LogP contribution in [0.2, 0.25) is 5.02 Å². The Morgan fingerprint density at radius 3 is 2.40 bits per heavy atom. The lowest BCUT2D eigenvalue weighted by molar-refractivity contribution is -0.131. The maximum absolute atomic E-state index is 11.9. The lowest BCUT2D eigenvalue weighted by atomic mass is 10.0. The van der Waals surface area contributed by atoms with E-state index in [4.69, 9.17) is 16.7 Å². The molecule has 3 aromatic carbocycles. The standard InChI is InChI=1S/C24H22ClNO3S/c1-3-12-26(18-10-5-4-6-11-18)21-15-20(25)19(14-22(21)30-2)16-8-7-9-17(13-16)23(27)24(28)29/h4-11,13-15H,3,12H2,1-2H3,(H,28,29). The second kappa shape index (κ2) is 9.83. The molecular formula is C24H22ClNO3S. The average Bonchev–Trinajstić information content (AvgIpc) is 2.77. The van der Waals surface area contributed by atoms with Crippen molar-refractivity contribution in [3.05, 3.63) is 77.3 Å². The van der Waals surface area contributed by atoms with E-state index in [0.717, 1.165) is 34.8 Å². The van der Waals surface area contributed by atoms with Gasteiger partial charge >= 0.3 is 5.97 Å². The number of anilines is 2. The van der Waals surface area contributed by atoms with E-state index in [1.807, 2.05) is 42.7 Å². The molecule has 30 heavy (non-hydrogen) atoms. The molecule has 3 aromatic rings. The molecular weight excluding hydrogens is 418 g/mol. The zero-order valence-electron chi connectivity index (χ0n) is 16.8. The summed E-state index contributed by atoms with van der Waals surface area (Å²) in [5, 5.41) is 9.55. The van der Waals surface area contributed by atoms with Crippen LogP contribution in [0.4, 0.5) is 11.4 Å². The lowest BCUT2D eigenvalue weighted by Crippen LogP contribution is -2.18. The summed E-state index contributed by atoms with van der Waals surface area (Å²) in [5.74, 6) is -2.41. The number of nitrogens with zero attached hydrogens (tertiary/aromatic N) is 1. The maximum Gasteiger partial charge on any atom is 0.377 e. The fourth-order valence-electron chi connectivity index (χ4n) is 3.31. The number of rotatable bonds is 8. The third-order valence-electron chi connectivity index (χ3n) is 4.70. The van der Waals surface area contributed by atoms with E-state index in [1.54, 1.807) is 23.9 Å². The average molecular weight is 440 g/mol. The van der Waals surface area contributed by atoms with Gasteiger partial charge in [-0.2, -0.15) is 0 Å². The Morgan fingerprint density at radius 1 is 1.03 bits per heavy atom. The second-order valence-electron chi connectivity index (χ2n) is 6.71. The van der Waals surface area contributed by atoms with Gasteiger partial charge in [-0.05, 0) is 48.6 Å². The molecule has 0 spiro atoms. The molecule has 0 aliphatic heterocycles. The number of aliphatic carboxylic acids is 1. The molecule has 3 rings (SSSR count). The molecule has 4 nitrogen and oxygen atoms in total. The smallest absolute Gasteiger partial charge is 0.377 e. The number of carbonyl (C=O) groups is 2. The first-order chi connectivity index (χ1) is 14.5. The highest BCUT2D eigenvalue weighted by Gasteiger charge is 2.19. The number of hydrogen-bond acceptors (Lipinski definition) is 4. The number of carboxylic acid groups (broad SMARTS) is 1. The fourth-order valence-corrected chi connectivity index (χ4v) is 4.19. The van der Waals surface area contributed by atoms with Crippen LogP contribution in [0.25, 0.3) is 11.1 Å². The van der Waals surface area contributed by atoms with Crippen LogP contribution in [0, 0.1) is 0 Å². The zero-order valence-corrected chi connectivity index (χ0v) is 18.3. The van der Waals surface area contributed by atoms with Gasteiger partial charge in [-0.1, -0.05) is 54.9 Å². The highest BCUT2D eigenvalue weighted by atomic mass is 35.5. The molecule has 1 N–H and O–H groups in total. The van der Waals surface area contributed by atoms with Crippen molar-refractivity contribution in [3.63, 3.8) is 0 Å². The maximum atomic E-state index is 11.9. The molecule has 6 heteroatoms. The van der Waals surface area contributed by atoms with Crippen LogP contribution in [0.1, 0.15) is 23.7 Å². The van der Waals surface area contributed by atoms with Gasteiger partial charge in [-0.25, -0.2) is 4.79 Å². The predicted octanol–water partition coefficient (Wildman–Crippen LogP) is 6.54. The number of halogens is 1. The number of carbonyl (C=O) groups excluding carboxylic acids is 1. The van der Waals surface area contributed by atoms with Crippen molar-refractivity contribution in [1.29, 1.82) is 0 Å². The normalized spacial score (nSPS) is 10.6. The van der Waals surface area contributed by atoms with Crippen molar-refractivity contribution in [3.8, 4) is 11.1 Å². The largest absolute Gasteiger partial charge is 0.475 e. The predicted molar refractivity (Wildman–Crippen MR) is 124 cm³/mol. The molecule has 0 atom stereocenters. The molecule has 0 aromatic heterocycles. The van der Waals surface area contributed by atoms with E-state index in [9.17, 15) is 9.59 Å². The summed E-state index contributed by atoms with van der Waals surface area (Å²) in [7, 11) is 0. The van der Waals surface area contributed by atoms with Gasteiger partial charge in [0, 0.05) is 28.3 Å². The van der Waals surface area contributed by atoms with E-state index in [2.05, 4.69) is 24.0 Å². The van der Waals surface area contributed by atoms with E-state index in [-0.39, 0.29) is 5.56 Å². The van der Waals surface area contributed by atoms with Gasteiger partial charge in [-0.3, -0.25) is 4.79 Å². The van der Waals surface area contributed by atoms with E-state index in [0.29, 0.717) is 10.6 Å². The first kappa shape index (κ1) is 21.9. The summed E-state index contributed by atoms with van der Waals surface area (Å²) in [4.78, 5) is 26.2. The topological polar surface area (TPSA) is 57.6 Å². The zero-order chi connectivity index (χ0) is 21.7. The molecule has 0 aliphatic carbocycles. The molecule has 154 valence electrons. The SMILES string of the molecule is CCCN(c1ccccc1)c1cc(Cl)c(-c2cccc(C(=O)C(=O)O)c2)cc1SC. The fraction of sp³-hybridized carbons (Fsp3) is 0.167. The molecule has 0 aliphatic rings. The van der Waals surface area contributed by atoms with Crippen molar-refractivity contribution in [2.75, 3.05) is 17.7 Å². The summed E-state index contributed by atoms with van der Waals surface area (Å²) in [6.07, 6.45) is 2.98. The minimum atomic E-state index is -1.48. The molecule has 0 bridgehead atoms. The number of ketones is 1. The molecule has 0 fully saturated rings. The van der Waals surface area contributed by atoms with Gasteiger partial charge in [0.05, 0.1) is 10.7 Å². The van der Waals surface area contributed by atoms with Crippen LogP contribution in [0.15, 0.2) is 71.6 Å². The van der Waals surface area contributed by atoms with Gasteiger partial charge in [0.15, 0.2) is 0 Å². The van der Waals surface area contributed by atoms with Crippen LogP contribution in [0.5, 0.6) is 0 Å². The quantitative estimate of drug-likeness (QED) is 0.245. The Labute approximate surface area is 185 Å². The Hall–Kier alpha value is -2.76. The van der Waals surface area contributed by atoms with Crippen LogP contribution in [0.3, 0.4) is 0 Å². The van der Waals surface area contributed by atoms with Gasteiger partial charge in [0.2, 0.25) is 0 Å². The number of carboxylic acids is 1. The van der Waals surface area contributed by atoms with E-state index in [1.165, 1.54) is 6.07 Å². The molecule has 0 saturated heterocycles. The van der Waals surface area contributed by atoms with Crippen molar-refractivity contribution in [2.45, 2.75) is 18.2 Å². The molecule has 0 heterocycles. The first-order valence-electron chi connectivity index (χ1n) is 9.54. The van der Waals surface area contributed by atoms with Crippen LogP contribution in [-0.4, -0.2) is 29.7 Å². The van der Waals surface area contributed by atoms with Gasteiger partial charge < -0.3 is 10.0 Å². The van der Waals surface area contributed by atoms with Crippen LogP contribution >= 0.6 is 23.4 Å². The highest BCUT2D eigenvalue weighted by Crippen LogP contribution is 2.41. The first-order valence-corrected chi connectivity index (χ1v) is 11.1. The number of thioether (sulfide) groups is 1. The summed E-state index contributed by atoms with van der Waals surface area (Å²) >= 11 is 8.30. The van der Waals surface area contributed by atoms with Crippen LogP contribution in [-0.2, 0) is 4.79 Å².